The second-order valence-corrected chi connectivity index (χ2v) is 4.05. The summed E-state index contributed by atoms with van der Waals surface area (Å²) < 4.78 is 5.07. The Balaban J connectivity index is 2.28. The number of nitrogens with one attached hydrogen (secondary N) is 1. The molecule has 94 valence electrons. The van der Waals surface area contributed by atoms with Crippen molar-refractivity contribution in [2.45, 2.75) is 25.8 Å². The van der Waals surface area contributed by atoms with Crippen molar-refractivity contribution in [1.29, 1.82) is 0 Å². The molecule has 0 aliphatic rings. The zero-order chi connectivity index (χ0) is 12.7. The van der Waals surface area contributed by atoms with Crippen molar-refractivity contribution in [3.05, 3.63) is 29.8 Å². The van der Waals surface area contributed by atoms with Crippen LogP contribution in [0.1, 0.15) is 18.9 Å². The van der Waals surface area contributed by atoms with E-state index >= 15 is 0 Å². The Morgan fingerprint density at radius 1 is 1.41 bits per heavy atom. The van der Waals surface area contributed by atoms with E-state index in [1.54, 1.807) is 7.11 Å². The van der Waals surface area contributed by atoms with Gasteiger partial charge in [0.05, 0.1) is 13.5 Å². The summed E-state index contributed by atoms with van der Waals surface area (Å²) >= 11 is 0. The summed E-state index contributed by atoms with van der Waals surface area (Å²) in [5.41, 5.74) is 1.21. The highest BCUT2D eigenvalue weighted by molar-refractivity contribution is 5.67. The molecule has 0 fully saturated rings. The van der Waals surface area contributed by atoms with Gasteiger partial charge in [-0.1, -0.05) is 12.1 Å². The number of carboxylic acids is 1. The molecule has 0 aliphatic carbocycles. The van der Waals surface area contributed by atoms with Crippen LogP contribution in [0.25, 0.3) is 0 Å². The molecule has 0 aromatic heterocycles. The van der Waals surface area contributed by atoms with E-state index in [1.807, 2.05) is 31.2 Å². The van der Waals surface area contributed by atoms with Gasteiger partial charge in [0.15, 0.2) is 0 Å². The summed E-state index contributed by atoms with van der Waals surface area (Å²) in [6.07, 6.45) is 1.04. The lowest BCUT2D eigenvalue weighted by molar-refractivity contribution is -0.137. The van der Waals surface area contributed by atoms with Gasteiger partial charge in [-0.15, -0.1) is 0 Å². The van der Waals surface area contributed by atoms with Gasteiger partial charge in [0.2, 0.25) is 0 Å². The second-order valence-electron chi connectivity index (χ2n) is 4.05. The smallest absolute Gasteiger partial charge is 0.304 e. The molecule has 2 N–H and O–H groups in total. The number of aliphatic carboxylic acids is 1. The molecule has 0 amide bonds. The standard InChI is InChI=1S/C13H19NO3/c1-10(9-13(15)16)14-8-7-11-3-5-12(17-2)6-4-11/h3-6,10,14H,7-9H2,1-2H3,(H,15,16). The van der Waals surface area contributed by atoms with E-state index in [9.17, 15) is 4.79 Å². The summed E-state index contributed by atoms with van der Waals surface area (Å²) in [4.78, 5) is 10.5. The maximum Gasteiger partial charge on any atom is 0.304 e. The molecule has 4 nitrogen and oxygen atoms in total. The van der Waals surface area contributed by atoms with Crippen LogP contribution in [0.15, 0.2) is 24.3 Å². The van der Waals surface area contributed by atoms with Crippen molar-refractivity contribution in [1.82, 2.24) is 5.32 Å². The zero-order valence-electron chi connectivity index (χ0n) is 10.3. The monoisotopic (exact) mass is 237 g/mol. The van der Waals surface area contributed by atoms with Crippen LogP contribution in [0.4, 0.5) is 0 Å². The van der Waals surface area contributed by atoms with E-state index in [1.165, 1.54) is 5.56 Å². The van der Waals surface area contributed by atoms with E-state index in [0.29, 0.717) is 0 Å². The number of hydrogen-bond acceptors (Lipinski definition) is 3. The highest BCUT2D eigenvalue weighted by Crippen LogP contribution is 2.11. The van der Waals surface area contributed by atoms with Gasteiger partial charge in [0.25, 0.3) is 0 Å². The van der Waals surface area contributed by atoms with Gasteiger partial charge in [-0.2, -0.15) is 0 Å². The molecule has 1 rings (SSSR count). The van der Waals surface area contributed by atoms with Crippen LogP contribution in [-0.2, 0) is 11.2 Å². The molecule has 0 saturated heterocycles. The fourth-order valence-electron chi connectivity index (χ4n) is 1.59. The number of carbonyl (C=O) groups is 1. The first-order valence-electron chi connectivity index (χ1n) is 5.70. The molecule has 1 atom stereocenters. The summed E-state index contributed by atoms with van der Waals surface area (Å²) in [6, 6.07) is 7.89. The van der Waals surface area contributed by atoms with Crippen molar-refractivity contribution in [3.8, 4) is 5.75 Å². The van der Waals surface area contributed by atoms with E-state index < -0.39 is 5.97 Å². The molecule has 1 aromatic carbocycles. The third-order valence-electron chi connectivity index (χ3n) is 2.55. The molecule has 0 spiro atoms. The maximum atomic E-state index is 10.5. The lowest BCUT2D eigenvalue weighted by Crippen LogP contribution is -2.30. The Hall–Kier alpha value is -1.55. The minimum absolute atomic E-state index is 0.00532. The molecule has 4 heteroatoms. The molecule has 1 unspecified atom stereocenters. The zero-order valence-corrected chi connectivity index (χ0v) is 10.3. The Bertz CT molecular complexity index is 348. The summed E-state index contributed by atoms with van der Waals surface area (Å²) in [5, 5.41) is 11.8. The Kier molecular flexibility index (Phi) is 5.49. The Morgan fingerprint density at radius 2 is 2.06 bits per heavy atom. The van der Waals surface area contributed by atoms with Crippen molar-refractivity contribution in [2.24, 2.45) is 0 Å². The summed E-state index contributed by atoms with van der Waals surface area (Å²) in [5.74, 6) is 0.0791. The minimum Gasteiger partial charge on any atom is -0.497 e. The van der Waals surface area contributed by atoms with Crippen LogP contribution in [-0.4, -0.2) is 30.8 Å². The average molecular weight is 237 g/mol. The quantitative estimate of drug-likeness (QED) is 0.757. The van der Waals surface area contributed by atoms with Gasteiger partial charge < -0.3 is 15.2 Å². The second kappa shape index (κ2) is 6.91. The number of benzene rings is 1. The summed E-state index contributed by atoms with van der Waals surface area (Å²) in [6.45, 7) is 2.66. The van der Waals surface area contributed by atoms with Gasteiger partial charge in [0.1, 0.15) is 5.75 Å². The molecule has 0 radical (unpaired) electrons. The van der Waals surface area contributed by atoms with Crippen LogP contribution < -0.4 is 10.1 Å². The fourth-order valence-corrected chi connectivity index (χ4v) is 1.59. The third kappa shape index (κ3) is 5.36. The van der Waals surface area contributed by atoms with Crippen LogP contribution in [0.3, 0.4) is 0 Å². The van der Waals surface area contributed by atoms with Crippen molar-refractivity contribution in [2.75, 3.05) is 13.7 Å². The molecule has 0 aliphatic heterocycles. The van der Waals surface area contributed by atoms with E-state index in [4.69, 9.17) is 9.84 Å². The van der Waals surface area contributed by atoms with Crippen molar-refractivity contribution < 1.29 is 14.6 Å². The molecular weight excluding hydrogens is 218 g/mol. The number of hydrogen-bond donors (Lipinski definition) is 2. The van der Waals surface area contributed by atoms with Crippen molar-refractivity contribution >= 4 is 5.97 Å². The van der Waals surface area contributed by atoms with Gasteiger partial charge in [-0.05, 0) is 37.6 Å². The number of rotatable bonds is 7. The van der Waals surface area contributed by atoms with E-state index in [0.717, 1.165) is 18.7 Å². The number of methoxy groups -OCH3 is 1. The Labute approximate surface area is 102 Å². The average Bonchev–Trinajstić information content (AvgIpc) is 2.29. The predicted octanol–water partition coefficient (Wildman–Crippen LogP) is 1.69. The predicted molar refractivity (Wildman–Crippen MR) is 66.4 cm³/mol. The van der Waals surface area contributed by atoms with E-state index in [-0.39, 0.29) is 12.5 Å². The third-order valence-corrected chi connectivity index (χ3v) is 2.55. The minimum atomic E-state index is -0.769. The highest BCUT2D eigenvalue weighted by Gasteiger charge is 2.05. The van der Waals surface area contributed by atoms with Gasteiger partial charge in [0, 0.05) is 6.04 Å². The van der Waals surface area contributed by atoms with Gasteiger partial charge in [-0.25, -0.2) is 0 Å². The Morgan fingerprint density at radius 3 is 2.59 bits per heavy atom. The highest BCUT2D eigenvalue weighted by atomic mass is 16.5. The number of ether oxygens (including phenoxy) is 1. The topological polar surface area (TPSA) is 58.6 Å². The van der Waals surface area contributed by atoms with Crippen LogP contribution in [0, 0.1) is 0 Å². The van der Waals surface area contributed by atoms with Crippen LogP contribution in [0.2, 0.25) is 0 Å². The first kappa shape index (κ1) is 13.5. The van der Waals surface area contributed by atoms with E-state index in [2.05, 4.69) is 5.32 Å². The summed E-state index contributed by atoms with van der Waals surface area (Å²) in [7, 11) is 1.64. The SMILES string of the molecule is COc1ccc(CCNC(C)CC(=O)O)cc1. The lowest BCUT2D eigenvalue weighted by Gasteiger charge is -2.11. The molecule has 1 aromatic rings. The molecule has 0 saturated carbocycles. The van der Waals surface area contributed by atoms with Crippen LogP contribution >= 0.6 is 0 Å². The largest absolute Gasteiger partial charge is 0.497 e. The van der Waals surface area contributed by atoms with Crippen molar-refractivity contribution in [3.63, 3.8) is 0 Å². The first-order chi connectivity index (χ1) is 8.11. The fraction of sp³-hybridized carbons (Fsp3) is 0.462. The van der Waals surface area contributed by atoms with Crippen LogP contribution in [0.5, 0.6) is 5.75 Å². The van der Waals surface area contributed by atoms with Gasteiger partial charge in [-0.3, -0.25) is 4.79 Å². The first-order valence-corrected chi connectivity index (χ1v) is 5.70. The molecule has 0 bridgehead atoms. The molecular formula is C13H19NO3. The lowest BCUT2D eigenvalue weighted by atomic mass is 10.1. The molecule has 0 heterocycles. The number of carboxylic acid groups (broad SMARTS) is 1. The molecule has 17 heavy (non-hydrogen) atoms. The normalized spacial score (nSPS) is 12.1. The maximum absolute atomic E-state index is 10.5. The van der Waals surface area contributed by atoms with Gasteiger partial charge >= 0.3 is 5.97 Å².